The third kappa shape index (κ3) is 2.26. The summed E-state index contributed by atoms with van der Waals surface area (Å²) in [7, 11) is 0. The minimum absolute atomic E-state index is 0.374. The number of aliphatic hydroxyl groups is 1. The Kier molecular flexibility index (Phi) is 4.04. The minimum atomic E-state index is 0.374. The van der Waals surface area contributed by atoms with Crippen LogP contribution in [0, 0.1) is 28.1 Å². The third-order valence-electron chi connectivity index (χ3n) is 10.8. The van der Waals surface area contributed by atoms with E-state index in [9.17, 15) is 5.11 Å². The summed E-state index contributed by atoms with van der Waals surface area (Å²) in [5, 5.41) is 9.17. The maximum Gasteiger partial charge on any atom is 0.0431 e. The maximum atomic E-state index is 9.17. The second-order valence-corrected chi connectivity index (χ2v) is 11.8. The quantitative estimate of drug-likeness (QED) is 0.505. The van der Waals surface area contributed by atoms with Gasteiger partial charge < -0.3 is 5.11 Å². The van der Waals surface area contributed by atoms with Crippen molar-refractivity contribution >= 4 is 0 Å². The topological polar surface area (TPSA) is 23.2 Å². The Hall–Kier alpha value is -0.340. The fourth-order valence-electron chi connectivity index (χ4n) is 8.91. The van der Waals surface area contributed by atoms with Crippen molar-refractivity contribution in [1.29, 1.82) is 0 Å². The summed E-state index contributed by atoms with van der Waals surface area (Å²) in [6, 6.07) is 0. The van der Waals surface area contributed by atoms with Crippen LogP contribution in [0.5, 0.6) is 0 Å². The molecule has 1 heterocycles. The van der Waals surface area contributed by atoms with Crippen LogP contribution in [0.3, 0.4) is 0 Å². The van der Waals surface area contributed by atoms with Crippen LogP contribution in [-0.2, 0) is 0 Å². The van der Waals surface area contributed by atoms with E-state index in [1.807, 2.05) is 5.57 Å². The lowest BCUT2D eigenvalue weighted by Crippen LogP contribution is -2.53. The van der Waals surface area contributed by atoms with Gasteiger partial charge >= 0.3 is 0 Å². The molecule has 0 aromatic heterocycles. The standard InChI is InChI=1S/C25H41NO/c1-18-7-12-25-19(2)8-10-23(15-21(18)25,22(25,3)4)16-26-17-24(26)11-9-20(14-24)6-5-13-27/h19-20,27H,5-17H2,1-4H3/t19-,20+,23+,24+,25-,26?/m1/s1. The smallest absolute Gasteiger partial charge is 0.0431 e. The molecular weight excluding hydrogens is 330 g/mol. The second kappa shape index (κ2) is 5.85. The molecule has 2 heteroatoms. The van der Waals surface area contributed by atoms with Gasteiger partial charge in [-0.05, 0) is 93.8 Å². The van der Waals surface area contributed by atoms with Gasteiger partial charge in [-0.2, -0.15) is 0 Å². The van der Waals surface area contributed by atoms with Crippen LogP contribution in [0.1, 0.15) is 91.9 Å². The van der Waals surface area contributed by atoms with Crippen molar-refractivity contribution in [3.8, 4) is 0 Å². The molecule has 4 aliphatic carbocycles. The van der Waals surface area contributed by atoms with Crippen molar-refractivity contribution < 1.29 is 5.11 Å². The van der Waals surface area contributed by atoms with E-state index in [2.05, 4.69) is 32.6 Å². The Morgan fingerprint density at radius 1 is 1.15 bits per heavy atom. The summed E-state index contributed by atoms with van der Waals surface area (Å²) in [6.07, 6.45) is 13.6. The monoisotopic (exact) mass is 371 g/mol. The van der Waals surface area contributed by atoms with Crippen molar-refractivity contribution in [2.75, 3.05) is 19.7 Å². The molecule has 2 nitrogen and oxygen atoms in total. The number of nitrogens with zero attached hydrogens (tertiary/aromatic N) is 1. The Labute approximate surface area is 166 Å². The van der Waals surface area contributed by atoms with E-state index in [4.69, 9.17) is 0 Å². The number of allylic oxidation sites excluding steroid dienone is 2. The zero-order chi connectivity index (χ0) is 19.1. The average Bonchev–Trinajstić information content (AvgIpc) is 2.90. The third-order valence-corrected chi connectivity index (χ3v) is 10.8. The van der Waals surface area contributed by atoms with Gasteiger partial charge in [0.25, 0.3) is 0 Å². The van der Waals surface area contributed by atoms with Crippen molar-refractivity contribution in [1.82, 2.24) is 4.90 Å². The Morgan fingerprint density at radius 3 is 2.74 bits per heavy atom. The molecule has 3 saturated carbocycles. The predicted molar refractivity (Wildman–Crippen MR) is 112 cm³/mol. The van der Waals surface area contributed by atoms with E-state index < -0.39 is 0 Å². The molecule has 0 radical (unpaired) electrons. The molecule has 5 rings (SSSR count). The van der Waals surface area contributed by atoms with Crippen molar-refractivity contribution in [2.45, 2.75) is 97.4 Å². The van der Waals surface area contributed by atoms with E-state index in [1.165, 1.54) is 70.9 Å². The van der Waals surface area contributed by atoms with Crippen LogP contribution >= 0.6 is 0 Å². The highest BCUT2D eigenvalue weighted by molar-refractivity contribution is 5.41. The Morgan fingerprint density at radius 2 is 1.96 bits per heavy atom. The molecular formula is C25H41NO. The van der Waals surface area contributed by atoms with Crippen molar-refractivity contribution in [3.63, 3.8) is 0 Å². The SMILES string of the molecule is CC1=C2C[C@]3(CN4C[C@@]45CC[C@H](CCCO)C5)CC[C@@H](C)[C@@]2(CC1)C3(C)C. The van der Waals surface area contributed by atoms with Crippen LogP contribution < -0.4 is 0 Å². The van der Waals surface area contributed by atoms with Crippen molar-refractivity contribution in [3.05, 3.63) is 11.1 Å². The van der Waals surface area contributed by atoms with Gasteiger partial charge in [0.1, 0.15) is 0 Å². The van der Waals surface area contributed by atoms with Crippen LogP contribution in [0.2, 0.25) is 0 Å². The summed E-state index contributed by atoms with van der Waals surface area (Å²) in [5.41, 5.74) is 5.69. The molecule has 1 N–H and O–H groups in total. The molecule has 1 unspecified atom stereocenters. The molecule has 5 aliphatic rings. The van der Waals surface area contributed by atoms with Crippen molar-refractivity contribution in [2.24, 2.45) is 28.1 Å². The normalized spacial score (nSPS) is 49.9. The van der Waals surface area contributed by atoms with E-state index in [1.54, 1.807) is 5.57 Å². The first-order chi connectivity index (χ1) is 12.8. The predicted octanol–water partition coefficient (Wildman–Crippen LogP) is 5.56. The number of hydrogen-bond acceptors (Lipinski definition) is 2. The molecule has 152 valence electrons. The molecule has 27 heavy (non-hydrogen) atoms. The van der Waals surface area contributed by atoms with Crippen LogP contribution in [0.15, 0.2) is 11.1 Å². The summed E-state index contributed by atoms with van der Waals surface area (Å²) in [5.74, 6) is 1.74. The van der Waals surface area contributed by atoms with E-state index in [0.717, 1.165) is 18.3 Å². The molecule has 2 bridgehead atoms. The van der Waals surface area contributed by atoms with Crippen LogP contribution in [-0.4, -0.2) is 35.2 Å². The lowest BCUT2D eigenvalue weighted by Gasteiger charge is -2.57. The lowest BCUT2D eigenvalue weighted by molar-refractivity contribution is -0.0791. The molecule has 2 spiro atoms. The fourth-order valence-corrected chi connectivity index (χ4v) is 8.91. The van der Waals surface area contributed by atoms with E-state index in [0.29, 0.717) is 28.4 Å². The Balaban J connectivity index is 1.37. The molecule has 0 amide bonds. The van der Waals surface area contributed by atoms with Gasteiger partial charge in [0.05, 0.1) is 0 Å². The minimum Gasteiger partial charge on any atom is -0.396 e. The molecule has 1 saturated heterocycles. The van der Waals surface area contributed by atoms with E-state index >= 15 is 0 Å². The van der Waals surface area contributed by atoms with Gasteiger partial charge in [-0.25, -0.2) is 0 Å². The van der Waals surface area contributed by atoms with Gasteiger partial charge in [-0.15, -0.1) is 0 Å². The zero-order valence-electron chi connectivity index (χ0n) is 18.2. The highest BCUT2D eigenvalue weighted by Crippen LogP contribution is 2.77. The van der Waals surface area contributed by atoms with Gasteiger partial charge in [0.2, 0.25) is 0 Å². The van der Waals surface area contributed by atoms with Gasteiger partial charge in [-0.3, -0.25) is 4.90 Å². The van der Waals surface area contributed by atoms with Gasteiger partial charge in [0.15, 0.2) is 0 Å². The zero-order valence-corrected chi connectivity index (χ0v) is 18.2. The maximum absolute atomic E-state index is 9.17. The summed E-state index contributed by atoms with van der Waals surface area (Å²) < 4.78 is 0. The number of fused-ring (bicyclic) bond motifs is 1. The fraction of sp³-hybridized carbons (Fsp3) is 0.920. The van der Waals surface area contributed by atoms with Gasteiger partial charge in [-0.1, -0.05) is 31.9 Å². The molecule has 0 aromatic carbocycles. The number of rotatable bonds is 5. The molecule has 1 aliphatic heterocycles. The first-order valence-corrected chi connectivity index (χ1v) is 11.9. The average molecular weight is 372 g/mol. The van der Waals surface area contributed by atoms with Crippen LogP contribution in [0.25, 0.3) is 0 Å². The summed E-state index contributed by atoms with van der Waals surface area (Å²) in [4.78, 5) is 2.91. The van der Waals surface area contributed by atoms with E-state index in [-0.39, 0.29) is 0 Å². The highest BCUT2D eigenvalue weighted by atomic mass is 16.2. The Bertz CT molecular complexity index is 665. The number of aliphatic hydroxyl groups excluding tert-OH is 1. The highest BCUT2D eigenvalue weighted by Gasteiger charge is 2.71. The summed E-state index contributed by atoms with van der Waals surface area (Å²) in [6.45, 7) is 13.4. The summed E-state index contributed by atoms with van der Waals surface area (Å²) >= 11 is 0. The molecule has 0 aromatic rings. The second-order valence-electron chi connectivity index (χ2n) is 11.8. The largest absolute Gasteiger partial charge is 0.396 e. The van der Waals surface area contributed by atoms with Crippen LogP contribution in [0.4, 0.5) is 0 Å². The molecule has 6 atom stereocenters. The van der Waals surface area contributed by atoms with Gasteiger partial charge in [0, 0.05) is 30.7 Å². The first-order valence-electron chi connectivity index (χ1n) is 11.9. The lowest BCUT2D eigenvalue weighted by atomic mass is 9.48. The first kappa shape index (κ1) is 18.7. The molecule has 4 fully saturated rings. The number of hydrogen-bond donors (Lipinski definition) is 1.